The van der Waals surface area contributed by atoms with Gasteiger partial charge in [-0.2, -0.15) is 0 Å². The van der Waals surface area contributed by atoms with E-state index in [0.717, 1.165) is 42.8 Å². The molecule has 1 aromatic heterocycles. The molecule has 1 aliphatic heterocycles. The van der Waals surface area contributed by atoms with E-state index in [4.69, 9.17) is 10.7 Å². The maximum atomic E-state index is 12.4. The first kappa shape index (κ1) is 18.2. The average molecular weight is 377 g/mol. The van der Waals surface area contributed by atoms with Crippen LogP contribution in [0.15, 0.2) is 48.5 Å². The Bertz CT molecular complexity index is 962. The molecule has 1 aliphatic rings. The highest BCUT2D eigenvalue weighted by Gasteiger charge is 2.25. The molecule has 7 heteroatoms. The van der Waals surface area contributed by atoms with Crippen LogP contribution in [0.2, 0.25) is 0 Å². The molecule has 7 nitrogen and oxygen atoms in total. The van der Waals surface area contributed by atoms with Crippen molar-refractivity contribution >= 4 is 28.5 Å². The van der Waals surface area contributed by atoms with Crippen LogP contribution in [0.5, 0.6) is 0 Å². The SMILES string of the molecule is NC(=O)c1ccc(NC(=O)CN2CCCC(c3nc4ccccc4[nH]3)C2)cc1. The number of hydrogen-bond donors (Lipinski definition) is 3. The van der Waals surface area contributed by atoms with Gasteiger partial charge < -0.3 is 16.0 Å². The van der Waals surface area contributed by atoms with Crippen molar-refractivity contribution in [2.24, 2.45) is 5.73 Å². The molecule has 144 valence electrons. The Kier molecular flexibility index (Phi) is 5.08. The Hall–Kier alpha value is -3.19. The summed E-state index contributed by atoms with van der Waals surface area (Å²) in [6.45, 7) is 2.02. The van der Waals surface area contributed by atoms with Gasteiger partial charge in [-0.3, -0.25) is 14.5 Å². The minimum Gasteiger partial charge on any atom is -0.366 e. The van der Waals surface area contributed by atoms with E-state index in [0.29, 0.717) is 23.7 Å². The van der Waals surface area contributed by atoms with Gasteiger partial charge in [-0.15, -0.1) is 0 Å². The number of rotatable bonds is 5. The largest absolute Gasteiger partial charge is 0.366 e. The molecule has 4 rings (SSSR count). The molecule has 0 aliphatic carbocycles. The van der Waals surface area contributed by atoms with Crippen LogP contribution in [0, 0.1) is 0 Å². The number of piperidine rings is 1. The molecule has 28 heavy (non-hydrogen) atoms. The Labute approximate surface area is 162 Å². The molecule has 0 saturated carbocycles. The summed E-state index contributed by atoms with van der Waals surface area (Å²) in [5.41, 5.74) is 8.33. The van der Waals surface area contributed by atoms with E-state index in [9.17, 15) is 9.59 Å². The van der Waals surface area contributed by atoms with Crippen LogP contribution < -0.4 is 11.1 Å². The van der Waals surface area contributed by atoms with Crippen molar-refractivity contribution in [3.63, 3.8) is 0 Å². The molecule has 3 aromatic rings. The lowest BCUT2D eigenvalue weighted by Gasteiger charge is -2.31. The van der Waals surface area contributed by atoms with Gasteiger partial charge in [-0.1, -0.05) is 12.1 Å². The number of aromatic amines is 1. The maximum Gasteiger partial charge on any atom is 0.248 e. The van der Waals surface area contributed by atoms with E-state index >= 15 is 0 Å². The topological polar surface area (TPSA) is 104 Å². The first-order chi connectivity index (χ1) is 13.6. The number of hydrogen-bond acceptors (Lipinski definition) is 4. The zero-order valence-corrected chi connectivity index (χ0v) is 15.5. The van der Waals surface area contributed by atoms with Gasteiger partial charge in [0.15, 0.2) is 0 Å². The van der Waals surface area contributed by atoms with E-state index in [2.05, 4.69) is 15.2 Å². The number of fused-ring (bicyclic) bond motifs is 1. The van der Waals surface area contributed by atoms with Crippen molar-refractivity contribution in [3.8, 4) is 0 Å². The average Bonchev–Trinajstić information content (AvgIpc) is 3.13. The number of likely N-dealkylation sites (tertiary alicyclic amines) is 1. The highest BCUT2D eigenvalue weighted by molar-refractivity contribution is 5.95. The number of carbonyl (C=O) groups excluding carboxylic acids is 2. The molecule has 1 unspecified atom stereocenters. The molecule has 0 radical (unpaired) electrons. The molecule has 0 bridgehead atoms. The highest BCUT2D eigenvalue weighted by atomic mass is 16.2. The van der Waals surface area contributed by atoms with E-state index in [-0.39, 0.29) is 5.91 Å². The van der Waals surface area contributed by atoms with E-state index in [1.54, 1.807) is 24.3 Å². The van der Waals surface area contributed by atoms with Crippen LogP contribution >= 0.6 is 0 Å². The monoisotopic (exact) mass is 377 g/mol. The van der Waals surface area contributed by atoms with Gasteiger partial charge in [0.1, 0.15) is 5.82 Å². The number of primary amides is 1. The summed E-state index contributed by atoms with van der Waals surface area (Å²) in [5.74, 6) is 0.733. The molecule has 4 N–H and O–H groups in total. The lowest BCUT2D eigenvalue weighted by molar-refractivity contribution is -0.117. The third-order valence-electron chi connectivity index (χ3n) is 5.12. The third kappa shape index (κ3) is 4.04. The number of benzene rings is 2. The minimum atomic E-state index is -0.483. The van der Waals surface area contributed by atoms with Crippen LogP contribution in [0.4, 0.5) is 5.69 Å². The second kappa shape index (κ2) is 7.82. The molecule has 1 saturated heterocycles. The summed E-state index contributed by atoms with van der Waals surface area (Å²) < 4.78 is 0. The number of aromatic nitrogens is 2. The van der Waals surface area contributed by atoms with Crippen LogP contribution in [0.3, 0.4) is 0 Å². The highest BCUT2D eigenvalue weighted by Crippen LogP contribution is 2.26. The molecular weight excluding hydrogens is 354 g/mol. The number of anilines is 1. The molecule has 2 amide bonds. The number of H-pyrrole nitrogens is 1. The Morgan fingerprint density at radius 3 is 2.71 bits per heavy atom. The number of nitrogens with two attached hydrogens (primary N) is 1. The predicted octanol–water partition coefficient (Wildman–Crippen LogP) is 2.48. The number of nitrogens with zero attached hydrogens (tertiary/aromatic N) is 2. The van der Waals surface area contributed by atoms with Gasteiger partial charge in [-0.25, -0.2) is 4.98 Å². The van der Waals surface area contributed by atoms with Crippen molar-refractivity contribution in [2.45, 2.75) is 18.8 Å². The van der Waals surface area contributed by atoms with Gasteiger partial charge >= 0.3 is 0 Å². The summed E-state index contributed by atoms with van der Waals surface area (Å²) in [7, 11) is 0. The Morgan fingerprint density at radius 1 is 1.18 bits per heavy atom. The van der Waals surface area contributed by atoms with Gasteiger partial charge in [0.25, 0.3) is 0 Å². The van der Waals surface area contributed by atoms with Crippen molar-refractivity contribution in [2.75, 3.05) is 25.0 Å². The molecule has 0 spiro atoms. The van der Waals surface area contributed by atoms with Crippen molar-refractivity contribution in [1.29, 1.82) is 0 Å². The standard InChI is InChI=1S/C21H23N5O2/c22-20(28)14-7-9-16(10-8-14)23-19(27)13-26-11-3-4-15(12-26)21-24-17-5-1-2-6-18(17)25-21/h1-2,5-10,15H,3-4,11-13H2,(H2,22,28)(H,23,27)(H,24,25). The lowest BCUT2D eigenvalue weighted by Crippen LogP contribution is -2.40. The maximum absolute atomic E-state index is 12.4. The molecule has 2 aromatic carbocycles. The molecule has 1 atom stereocenters. The van der Waals surface area contributed by atoms with Crippen molar-refractivity contribution in [1.82, 2.24) is 14.9 Å². The first-order valence-electron chi connectivity index (χ1n) is 9.45. The number of imidazole rings is 1. The number of amides is 2. The Morgan fingerprint density at radius 2 is 1.96 bits per heavy atom. The lowest BCUT2D eigenvalue weighted by atomic mass is 9.97. The van der Waals surface area contributed by atoms with E-state index in [1.807, 2.05) is 24.3 Å². The normalized spacial score (nSPS) is 17.5. The van der Waals surface area contributed by atoms with Crippen LogP contribution in [0.1, 0.15) is 34.9 Å². The van der Waals surface area contributed by atoms with Crippen LogP contribution in [-0.4, -0.2) is 46.3 Å². The fraction of sp³-hybridized carbons (Fsp3) is 0.286. The number of nitrogens with one attached hydrogen (secondary N) is 2. The van der Waals surface area contributed by atoms with Gasteiger partial charge in [0.2, 0.25) is 11.8 Å². The quantitative estimate of drug-likeness (QED) is 0.635. The van der Waals surface area contributed by atoms with E-state index < -0.39 is 5.91 Å². The summed E-state index contributed by atoms with van der Waals surface area (Å²) >= 11 is 0. The van der Waals surface area contributed by atoms with Crippen molar-refractivity contribution in [3.05, 3.63) is 59.9 Å². The van der Waals surface area contributed by atoms with Crippen molar-refractivity contribution < 1.29 is 9.59 Å². The van der Waals surface area contributed by atoms with Crippen LogP contribution in [0.25, 0.3) is 11.0 Å². The fourth-order valence-corrected chi connectivity index (χ4v) is 3.71. The summed E-state index contributed by atoms with van der Waals surface area (Å²) in [5, 5.41) is 2.88. The first-order valence-corrected chi connectivity index (χ1v) is 9.45. The number of carbonyl (C=O) groups is 2. The predicted molar refractivity (Wildman–Crippen MR) is 108 cm³/mol. The van der Waals surface area contributed by atoms with Gasteiger partial charge in [0.05, 0.1) is 17.6 Å². The second-order valence-electron chi connectivity index (χ2n) is 7.20. The third-order valence-corrected chi connectivity index (χ3v) is 5.12. The zero-order valence-electron chi connectivity index (χ0n) is 15.5. The van der Waals surface area contributed by atoms with Crippen LogP contribution in [-0.2, 0) is 4.79 Å². The minimum absolute atomic E-state index is 0.0721. The Balaban J connectivity index is 1.36. The fourth-order valence-electron chi connectivity index (χ4n) is 3.71. The molecule has 1 fully saturated rings. The second-order valence-corrected chi connectivity index (χ2v) is 7.20. The molecule has 2 heterocycles. The summed E-state index contributed by atoms with van der Waals surface area (Å²) in [4.78, 5) is 33.8. The number of para-hydroxylation sites is 2. The van der Waals surface area contributed by atoms with Gasteiger partial charge in [0, 0.05) is 23.7 Å². The van der Waals surface area contributed by atoms with Gasteiger partial charge in [-0.05, 0) is 55.8 Å². The van der Waals surface area contributed by atoms with E-state index in [1.165, 1.54) is 0 Å². The summed E-state index contributed by atoms with van der Waals surface area (Å²) in [6, 6.07) is 14.6. The summed E-state index contributed by atoms with van der Waals surface area (Å²) in [6.07, 6.45) is 2.09. The smallest absolute Gasteiger partial charge is 0.248 e. The molecular formula is C21H23N5O2. The zero-order chi connectivity index (χ0) is 19.5.